The van der Waals surface area contributed by atoms with Crippen molar-refractivity contribution < 1.29 is 22.6 Å². The highest BCUT2D eigenvalue weighted by Crippen LogP contribution is 2.31. The predicted octanol–water partition coefficient (Wildman–Crippen LogP) is 4.08. The van der Waals surface area contributed by atoms with Crippen molar-refractivity contribution in [1.29, 1.82) is 5.26 Å². The Kier molecular flexibility index (Phi) is 5.70. The molecule has 2 rings (SSSR count). The zero-order valence-corrected chi connectivity index (χ0v) is 12.4. The van der Waals surface area contributed by atoms with Crippen LogP contribution in [0, 0.1) is 23.2 Å². The Morgan fingerprint density at radius 2 is 1.75 bits per heavy atom. The van der Waals surface area contributed by atoms with E-state index >= 15 is 0 Å². The third-order valence-electron chi connectivity index (χ3n) is 2.82. The van der Waals surface area contributed by atoms with E-state index in [2.05, 4.69) is 16.6 Å². The predicted molar refractivity (Wildman–Crippen MR) is 81.3 cm³/mol. The van der Waals surface area contributed by atoms with Gasteiger partial charge in [-0.05, 0) is 29.8 Å². The molecule has 0 saturated carbocycles. The number of hydrogen-bond donors (Lipinski definition) is 0. The van der Waals surface area contributed by atoms with Gasteiger partial charge in [-0.2, -0.15) is 5.26 Å². The molecule has 0 bridgehead atoms. The van der Waals surface area contributed by atoms with E-state index < -0.39 is 12.1 Å². The van der Waals surface area contributed by atoms with Crippen molar-refractivity contribution in [2.45, 2.75) is 12.8 Å². The van der Waals surface area contributed by atoms with Crippen molar-refractivity contribution >= 4 is 0 Å². The standard InChI is InChI=1S/C18H12F3NO2/c19-18(20,21)24-17-9-2-1-8-16(17)23-12-4-7-14-5-3-6-15(13-14)10-11-22/h1-3,5-6,8-9,13H,10,12H2. The molecule has 0 heterocycles. The summed E-state index contributed by atoms with van der Waals surface area (Å²) in [4.78, 5) is 0. The molecule has 0 aromatic heterocycles. The van der Waals surface area contributed by atoms with Crippen LogP contribution in [0.1, 0.15) is 11.1 Å². The maximum Gasteiger partial charge on any atom is 0.573 e. The summed E-state index contributed by atoms with van der Waals surface area (Å²) in [6, 6.07) is 14.7. The molecule has 3 nitrogen and oxygen atoms in total. The molecule has 0 atom stereocenters. The fourth-order valence-corrected chi connectivity index (χ4v) is 1.88. The largest absolute Gasteiger partial charge is 0.573 e. The van der Waals surface area contributed by atoms with Crippen LogP contribution in [0.3, 0.4) is 0 Å². The van der Waals surface area contributed by atoms with Gasteiger partial charge in [0.25, 0.3) is 0 Å². The number of benzene rings is 2. The maximum atomic E-state index is 12.3. The van der Waals surface area contributed by atoms with Gasteiger partial charge in [-0.1, -0.05) is 36.1 Å². The van der Waals surface area contributed by atoms with E-state index in [1.165, 1.54) is 24.3 Å². The van der Waals surface area contributed by atoms with Crippen molar-refractivity contribution in [1.82, 2.24) is 0 Å². The van der Waals surface area contributed by atoms with Gasteiger partial charge in [0.1, 0.15) is 6.61 Å². The van der Waals surface area contributed by atoms with Crippen LogP contribution in [0.5, 0.6) is 11.5 Å². The quantitative estimate of drug-likeness (QED) is 0.793. The normalized spacial score (nSPS) is 10.2. The monoisotopic (exact) mass is 331 g/mol. The molecule has 0 amide bonds. The lowest BCUT2D eigenvalue weighted by atomic mass is 10.1. The average molecular weight is 331 g/mol. The van der Waals surface area contributed by atoms with Crippen molar-refractivity contribution in [3.8, 4) is 29.4 Å². The van der Waals surface area contributed by atoms with E-state index in [1.807, 2.05) is 12.1 Å². The Labute approximate surface area is 137 Å². The van der Waals surface area contributed by atoms with Crippen LogP contribution < -0.4 is 9.47 Å². The van der Waals surface area contributed by atoms with Crippen LogP contribution in [0.25, 0.3) is 0 Å². The Morgan fingerprint density at radius 3 is 2.46 bits per heavy atom. The lowest BCUT2D eigenvalue weighted by Gasteiger charge is -2.12. The first-order valence-electron chi connectivity index (χ1n) is 6.90. The van der Waals surface area contributed by atoms with Crippen LogP contribution in [-0.4, -0.2) is 13.0 Å². The first-order chi connectivity index (χ1) is 11.5. The second kappa shape index (κ2) is 7.94. The molecule has 0 spiro atoms. The number of alkyl halides is 3. The Hall–Kier alpha value is -3.12. The number of halogens is 3. The van der Waals surface area contributed by atoms with Gasteiger partial charge in [0, 0.05) is 5.56 Å². The van der Waals surface area contributed by atoms with Crippen LogP contribution in [-0.2, 0) is 6.42 Å². The summed E-state index contributed by atoms with van der Waals surface area (Å²) in [6.07, 6.45) is -4.50. The Balaban J connectivity index is 2.01. The average Bonchev–Trinajstić information content (AvgIpc) is 2.52. The van der Waals surface area contributed by atoms with Gasteiger partial charge in [0.05, 0.1) is 12.5 Å². The molecule has 2 aromatic rings. The molecule has 24 heavy (non-hydrogen) atoms. The van der Waals surface area contributed by atoms with E-state index in [0.717, 1.165) is 5.56 Å². The van der Waals surface area contributed by atoms with Crippen LogP contribution in [0.4, 0.5) is 13.2 Å². The lowest BCUT2D eigenvalue weighted by molar-refractivity contribution is -0.275. The number of nitrogens with zero attached hydrogens (tertiary/aromatic N) is 1. The van der Waals surface area contributed by atoms with Gasteiger partial charge < -0.3 is 9.47 Å². The molecule has 0 unspecified atom stereocenters. The smallest absolute Gasteiger partial charge is 0.477 e. The minimum Gasteiger partial charge on any atom is -0.477 e. The molecule has 0 radical (unpaired) electrons. The minimum atomic E-state index is -4.79. The highest BCUT2D eigenvalue weighted by molar-refractivity contribution is 5.41. The summed E-state index contributed by atoms with van der Waals surface area (Å²) in [5, 5.41) is 8.66. The zero-order chi connectivity index (χ0) is 17.4. The fraction of sp³-hybridized carbons (Fsp3) is 0.167. The van der Waals surface area contributed by atoms with Crippen molar-refractivity contribution in [2.24, 2.45) is 0 Å². The number of para-hydroxylation sites is 2. The molecule has 122 valence electrons. The van der Waals surface area contributed by atoms with E-state index in [-0.39, 0.29) is 18.8 Å². The van der Waals surface area contributed by atoms with Crippen LogP contribution in [0.15, 0.2) is 48.5 Å². The number of nitriles is 1. The van der Waals surface area contributed by atoms with Crippen molar-refractivity contribution in [3.63, 3.8) is 0 Å². The molecular formula is C18H12F3NO2. The number of rotatable bonds is 4. The molecule has 0 aliphatic carbocycles. The Bertz CT molecular complexity index is 798. The molecule has 0 fully saturated rings. The first kappa shape index (κ1) is 17.2. The number of ether oxygens (including phenoxy) is 2. The molecule has 0 aliphatic rings. The van der Waals surface area contributed by atoms with E-state index in [9.17, 15) is 13.2 Å². The third kappa shape index (κ3) is 5.58. The lowest BCUT2D eigenvalue weighted by Crippen LogP contribution is -2.17. The minimum absolute atomic E-state index is 0.0395. The van der Waals surface area contributed by atoms with Gasteiger partial charge in [-0.25, -0.2) is 0 Å². The van der Waals surface area contributed by atoms with Crippen molar-refractivity contribution in [3.05, 3.63) is 59.7 Å². The second-order valence-electron chi connectivity index (χ2n) is 4.62. The van der Waals surface area contributed by atoms with Gasteiger partial charge in [-0.3, -0.25) is 0 Å². The van der Waals surface area contributed by atoms with E-state index in [1.54, 1.807) is 18.2 Å². The summed E-state index contributed by atoms with van der Waals surface area (Å²) in [7, 11) is 0. The highest BCUT2D eigenvalue weighted by Gasteiger charge is 2.32. The van der Waals surface area contributed by atoms with Crippen LogP contribution >= 0.6 is 0 Å². The SMILES string of the molecule is N#CCc1cccc(C#CCOc2ccccc2OC(F)(F)F)c1. The van der Waals surface area contributed by atoms with Crippen LogP contribution in [0.2, 0.25) is 0 Å². The molecule has 6 heteroatoms. The highest BCUT2D eigenvalue weighted by atomic mass is 19.4. The first-order valence-corrected chi connectivity index (χ1v) is 6.90. The molecule has 2 aromatic carbocycles. The number of hydrogen-bond acceptors (Lipinski definition) is 3. The third-order valence-corrected chi connectivity index (χ3v) is 2.82. The van der Waals surface area contributed by atoms with Gasteiger partial charge in [0.2, 0.25) is 0 Å². The van der Waals surface area contributed by atoms with E-state index in [4.69, 9.17) is 10.00 Å². The molecule has 0 saturated heterocycles. The summed E-state index contributed by atoms with van der Waals surface area (Å²) >= 11 is 0. The summed E-state index contributed by atoms with van der Waals surface area (Å²) in [6.45, 7) is -0.0965. The fourth-order valence-electron chi connectivity index (χ4n) is 1.88. The summed E-state index contributed by atoms with van der Waals surface area (Å²) in [5.74, 6) is 5.10. The van der Waals surface area contributed by atoms with Gasteiger partial charge in [0.15, 0.2) is 11.5 Å². The molecule has 0 aliphatic heterocycles. The summed E-state index contributed by atoms with van der Waals surface area (Å²) in [5.41, 5.74) is 1.54. The van der Waals surface area contributed by atoms with Gasteiger partial charge in [-0.15, -0.1) is 13.2 Å². The molecular weight excluding hydrogens is 319 g/mol. The van der Waals surface area contributed by atoms with Gasteiger partial charge >= 0.3 is 6.36 Å². The topological polar surface area (TPSA) is 42.2 Å². The zero-order valence-electron chi connectivity index (χ0n) is 12.4. The van der Waals surface area contributed by atoms with Crippen molar-refractivity contribution in [2.75, 3.05) is 6.61 Å². The summed E-state index contributed by atoms with van der Waals surface area (Å²) < 4.78 is 46.0. The van der Waals surface area contributed by atoms with E-state index in [0.29, 0.717) is 5.56 Å². The Morgan fingerprint density at radius 1 is 1.00 bits per heavy atom. The maximum absolute atomic E-state index is 12.3. The second-order valence-corrected chi connectivity index (χ2v) is 4.62. The molecule has 0 N–H and O–H groups in total.